The van der Waals surface area contributed by atoms with Gasteiger partial charge in [0, 0.05) is 11.1 Å². The maximum Gasteiger partial charge on any atom is 0.222 e. The van der Waals surface area contributed by atoms with Gasteiger partial charge in [-0.1, -0.05) is 42.5 Å². The van der Waals surface area contributed by atoms with Crippen LogP contribution in [0.15, 0.2) is 97.1 Å². The Bertz CT molecular complexity index is 2180. The van der Waals surface area contributed by atoms with Crippen LogP contribution < -0.4 is 0 Å². The standard InChI is InChI=1S/C39H18F8N2/c1-49-37-9-6-23(14-32(37)43)39-35(46)17-26(18-36(39)47)28-8-3-21(12-31(28)42)10-20-2-7-27(30(41)11-20)25-15-33(44)38(34(45)16-25)22-4-5-24(19-48)29(40)13-22/h2-9,11-18H,10H2. The lowest BCUT2D eigenvalue weighted by atomic mass is 9.95. The molecule has 0 unspecified atom stereocenters. The number of nitrogens with zero attached hydrogens (tertiary/aromatic N) is 2. The molecule has 0 heterocycles. The molecule has 0 aliphatic heterocycles. The first-order valence-electron chi connectivity index (χ1n) is 14.4. The normalized spacial score (nSPS) is 10.9. The van der Waals surface area contributed by atoms with Crippen LogP contribution >= 0.6 is 0 Å². The minimum atomic E-state index is -1.07. The summed E-state index contributed by atoms with van der Waals surface area (Å²) >= 11 is 0. The zero-order chi connectivity index (χ0) is 35.0. The highest BCUT2D eigenvalue weighted by molar-refractivity contribution is 5.74. The van der Waals surface area contributed by atoms with E-state index in [0.717, 1.165) is 60.7 Å². The summed E-state index contributed by atoms with van der Waals surface area (Å²) in [5.74, 6) is -7.81. The molecule has 0 spiro atoms. The minimum absolute atomic E-state index is 0.0359. The summed E-state index contributed by atoms with van der Waals surface area (Å²) in [5.41, 5.74) is -1.67. The highest BCUT2D eigenvalue weighted by atomic mass is 19.2. The number of hydrogen-bond donors (Lipinski definition) is 0. The molecule has 6 rings (SSSR count). The Hall–Kier alpha value is -6.26. The number of halogens is 8. The van der Waals surface area contributed by atoms with Crippen LogP contribution in [0.4, 0.5) is 40.8 Å². The predicted octanol–water partition coefficient (Wildman–Crippen LogP) is 11.5. The fraction of sp³-hybridized carbons (Fsp3) is 0.0256. The van der Waals surface area contributed by atoms with E-state index >= 15 is 26.3 Å². The summed E-state index contributed by atoms with van der Waals surface area (Å²) in [6, 6.07) is 19.4. The summed E-state index contributed by atoms with van der Waals surface area (Å²) < 4.78 is 119. The largest absolute Gasteiger partial charge is 0.235 e. The molecule has 10 heteroatoms. The molecule has 6 aromatic carbocycles. The van der Waals surface area contributed by atoms with E-state index in [2.05, 4.69) is 4.85 Å². The van der Waals surface area contributed by atoms with Crippen molar-refractivity contribution < 1.29 is 35.1 Å². The Balaban J connectivity index is 1.23. The third-order valence-electron chi connectivity index (χ3n) is 7.92. The second-order valence-electron chi connectivity index (χ2n) is 11.0. The molecular formula is C39H18F8N2. The zero-order valence-electron chi connectivity index (χ0n) is 24.9. The van der Waals surface area contributed by atoms with Crippen LogP contribution in [0, 0.1) is 64.4 Å². The van der Waals surface area contributed by atoms with Crippen molar-refractivity contribution in [1.82, 2.24) is 0 Å². The molecule has 0 bridgehead atoms. The van der Waals surface area contributed by atoms with Gasteiger partial charge in [0.15, 0.2) is 0 Å². The van der Waals surface area contributed by atoms with Gasteiger partial charge in [-0.05, 0) is 94.4 Å². The van der Waals surface area contributed by atoms with Crippen LogP contribution in [0.2, 0.25) is 0 Å². The summed E-state index contributed by atoms with van der Waals surface area (Å²) in [5, 5.41) is 8.89. The number of nitriles is 1. The third-order valence-corrected chi connectivity index (χ3v) is 7.92. The molecule has 0 saturated heterocycles. The maximum atomic E-state index is 15.2. The average molecular weight is 667 g/mol. The van der Waals surface area contributed by atoms with Crippen LogP contribution in [-0.2, 0) is 6.42 Å². The molecule has 240 valence electrons. The summed E-state index contributed by atoms with van der Waals surface area (Å²) in [6.45, 7) is 6.92. The van der Waals surface area contributed by atoms with E-state index in [0.29, 0.717) is 11.1 Å². The van der Waals surface area contributed by atoms with Crippen molar-refractivity contribution in [2.45, 2.75) is 6.42 Å². The zero-order valence-corrected chi connectivity index (χ0v) is 24.9. The Morgan fingerprint density at radius 1 is 0.469 bits per heavy atom. The molecule has 49 heavy (non-hydrogen) atoms. The van der Waals surface area contributed by atoms with Crippen molar-refractivity contribution in [3.63, 3.8) is 0 Å². The van der Waals surface area contributed by atoms with Crippen LogP contribution in [0.3, 0.4) is 0 Å². The number of hydrogen-bond acceptors (Lipinski definition) is 1. The van der Waals surface area contributed by atoms with Gasteiger partial charge < -0.3 is 0 Å². The van der Waals surface area contributed by atoms with Gasteiger partial charge >= 0.3 is 0 Å². The lowest BCUT2D eigenvalue weighted by Gasteiger charge is -2.12. The van der Waals surface area contributed by atoms with Gasteiger partial charge in [0.05, 0.1) is 23.3 Å². The first-order chi connectivity index (χ1) is 23.5. The molecule has 0 aromatic heterocycles. The van der Waals surface area contributed by atoms with Crippen molar-refractivity contribution in [1.29, 1.82) is 5.26 Å². The average Bonchev–Trinajstić information content (AvgIpc) is 3.04. The molecule has 2 nitrogen and oxygen atoms in total. The van der Waals surface area contributed by atoms with Crippen molar-refractivity contribution in [3.05, 3.63) is 172 Å². The molecular weight excluding hydrogens is 648 g/mol. The second-order valence-corrected chi connectivity index (χ2v) is 11.0. The lowest BCUT2D eigenvalue weighted by Crippen LogP contribution is -1.97. The molecule has 0 amide bonds. The second kappa shape index (κ2) is 13.1. The van der Waals surface area contributed by atoms with Gasteiger partial charge in [-0.2, -0.15) is 5.26 Å². The SMILES string of the molecule is [C-]#[N+]c1ccc(-c2c(F)cc(-c3ccc(Cc4ccc(-c5cc(F)c(-c6ccc(C#N)c(F)c6)c(F)c5)c(F)c4)cc3F)cc2F)cc1F. The van der Waals surface area contributed by atoms with E-state index in [9.17, 15) is 8.78 Å². The summed E-state index contributed by atoms with van der Waals surface area (Å²) in [6.07, 6.45) is 0.0359. The van der Waals surface area contributed by atoms with E-state index in [4.69, 9.17) is 11.8 Å². The topological polar surface area (TPSA) is 28.1 Å². The van der Waals surface area contributed by atoms with E-state index in [-0.39, 0.29) is 51.1 Å². The summed E-state index contributed by atoms with van der Waals surface area (Å²) in [7, 11) is 0. The first kappa shape index (κ1) is 32.7. The van der Waals surface area contributed by atoms with Gasteiger partial charge in [-0.15, -0.1) is 0 Å². The molecule has 0 N–H and O–H groups in total. The smallest absolute Gasteiger partial charge is 0.222 e. The molecule has 0 radical (unpaired) electrons. The van der Waals surface area contributed by atoms with Gasteiger partial charge in [-0.25, -0.2) is 40.0 Å². The van der Waals surface area contributed by atoms with Crippen LogP contribution in [0.25, 0.3) is 49.4 Å². The van der Waals surface area contributed by atoms with Gasteiger partial charge in [-0.3, -0.25) is 0 Å². The van der Waals surface area contributed by atoms with E-state index < -0.39 is 57.7 Å². The number of benzene rings is 6. The fourth-order valence-corrected chi connectivity index (χ4v) is 5.56. The Morgan fingerprint density at radius 3 is 1.29 bits per heavy atom. The molecule has 6 aromatic rings. The van der Waals surface area contributed by atoms with Gasteiger partial charge in [0.2, 0.25) is 5.69 Å². The highest BCUT2D eigenvalue weighted by Crippen LogP contribution is 2.36. The third kappa shape index (κ3) is 6.37. The summed E-state index contributed by atoms with van der Waals surface area (Å²) in [4.78, 5) is 2.98. The Labute approximate surface area is 274 Å². The Kier molecular flexibility index (Phi) is 8.73. The molecule has 0 aliphatic carbocycles. The van der Waals surface area contributed by atoms with Crippen molar-refractivity contribution >= 4 is 5.69 Å². The molecule has 0 aliphatic rings. The first-order valence-corrected chi connectivity index (χ1v) is 14.4. The molecule has 0 fully saturated rings. The lowest BCUT2D eigenvalue weighted by molar-refractivity contribution is 0.587. The van der Waals surface area contributed by atoms with Crippen LogP contribution in [-0.4, -0.2) is 0 Å². The fourth-order valence-electron chi connectivity index (χ4n) is 5.56. The van der Waals surface area contributed by atoms with E-state index in [1.54, 1.807) is 6.07 Å². The van der Waals surface area contributed by atoms with Crippen molar-refractivity contribution in [3.8, 4) is 50.6 Å². The van der Waals surface area contributed by atoms with Crippen molar-refractivity contribution in [2.24, 2.45) is 0 Å². The Morgan fingerprint density at radius 2 is 0.898 bits per heavy atom. The van der Waals surface area contributed by atoms with Crippen molar-refractivity contribution in [2.75, 3.05) is 0 Å². The molecule has 0 atom stereocenters. The quantitative estimate of drug-likeness (QED) is 0.128. The highest BCUT2D eigenvalue weighted by Gasteiger charge is 2.20. The maximum absolute atomic E-state index is 15.2. The van der Waals surface area contributed by atoms with Gasteiger partial charge in [0.1, 0.15) is 52.6 Å². The molecule has 0 saturated carbocycles. The minimum Gasteiger partial charge on any atom is -0.235 e. The monoisotopic (exact) mass is 666 g/mol. The van der Waals surface area contributed by atoms with Crippen LogP contribution in [0.1, 0.15) is 16.7 Å². The predicted molar refractivity (Wildman–Crippen MR) is 168 cm³/mol. The number of rotatable bonds is 6. The van der Waals surface area contributed by atoms with E-state index in [1.807, 2.05) is 0 Å². The van der Waals surface area contributed by atoms with E-state index in [1.165, 1.54) is 36.4 Å². The van der Waals surface area contributed by atoms with Gasteiger partial charge in [0.25, 0.3) is 0 Å². The van der Waals surface area contributed by atoms with Crippen LogP contribution in [0.5, 0.6) is 0 Å².